The number of nitrogens with one attached hydrogen (secondary N) is 1. The highest BCUT2D eigenvalue weighted by Gasteiger charge is 2.19. The van der Waals surface area contributed by atoms with E-state index in [9.17, 15) is 9.59 Å². The van der Waals surface area contributed by atoms with Crippen LogP contribution in [0.2, 0.25) is 5.02 Å². The van der Waals surface area contributed by atoms with Gasteiger partial charge in [0.1, 0.15) is 5.52 Å². The van der Waals surface area contributed by atoms with Crippen molar-refractivity contribution in [2.45, 2.75) is 0 Å². The number of carbonyl (C=O) groups is 2. The summed E-state index contributed by atoms with van der Waals surface area (Å²) in [5, 5.41) is 5.50. The van der Waals surface area contributed by atoms with Gasteiger partial charge in [0.05, 0.1) is 16.8 Å². The van der Waals surface area contributed by atoms with Crippen LogP contribution in [0.15, 0.2) is 82.6 Å². The van der Waals surface area contributed by atoms with Crippen LogP contribution in [-0.4, -0.2) is 28.5 Å². The second-order valence-corrected chi connectivity index (χ2v) is 8.50. The fraction of sp³-hybridized carbons (Fsp3) is 0.0400. The van der Waals surface area contributed by atoms with Gasteiger partial charge in [0.2, 0.25) is 5.89 Å². The lowest BCUT2D eigenvalue weighted by Gasteiger charge is -2.07. The van der Waals surface area contributed by atoms with E-state index in [1.807, 2.05) is 35.7 Å². The van der Waals surface area contributed by atoms with Gasteiger partial charge in [-0.2, -0.15) is 0 Å². The zero-order valence-electron chi connectivity index (χ0n) is 17.5. The molecule has 1 N–H and O–H groups in total. The number of halogens is 1. The van der Waals surface area contributed by atoms with Crippen molar-refractivity contribution < 1.29 is 18.7 Å². The lowest BCUT2D eigenvalue weighted by Crippen LogP contribution is -2.21. The van der Waals surface area contributed by atoms with E-state index in [0.717, 1.165) is 5.56 Å². The van der Waals surface area contributed by atoms with Crippen LogP contribution in [0.25, 0.3) is 33.8 Å². The molecular formula is C25H16ClN3O4S. The highest BCUT2D eigenvalue weighted by atomic mass is 35.5. The lowest BCUT2D eigenvalue weighted by molar-refractivity contribution is -0.119. The highest BCUT2D eigenvalue weighted by molar-refractivity contribution is 7.14. The molecule has 0 radical (unpaired) electrons. The number of ether oxygens (including phenoxy) is 1. The largest absolute Gasteiger partial charge is 0.452 e. The van der Waals surface area contributed by atoms with Gasteiger partial charge in [0.15, 0.2) is 17.3 Å². The lowest BCUT2D eigenvalue weighted by atomic mass is 10.1. The molecule has 0 spiro atoms. The molecule has 2 aromatic heterocycles. The number of aromatic nitrogens is 2. The van der Waals surface area contributed by atoms with E-state index in [2.05, 4.69) is 15.3 Å². The third-order valence-electron chi connectivity index (χ3n) is 4.90. The molecule has 5 aromatic rings. The average molecular weight is 490 g/mol. The van der Waals surface area contributed by atoms with Crippen molar-refractivity contribution in [2.24, 2.45) is 0 Å². The Hall–Kier alpha value is -4.01. The topological polar surface area (TPSA) is 94.3 Å². The van der Waals surface area contributed by atoms with Crippen LogP contribution >= 0.6 is 22.9 Å². The summed E-state index contributed by atoms with van der Waals surface area (Å²) in [6.07, 6.45) is 0. The normalized spacial score (nSPS) is 10.9. The Bertz CT molecular complexity index is 1460. The molecule has 0 unspecified atom stereocenters. The first-order valence-electron chi connectivity index (χ1n) is 10.2. The van der Waals surface area contributed by atoms with Crippen molar-refractivity contribution >= 4 is 51.0 Å². The Morgan fingerprint density at radius 3 is 2.56 bits per heavy atom. The third-order valence-corrected chi connectivity index (χ3v) is 5.91. The summed E-state index contributed by atoms with van der Waals surface area (Å²) in [5.74, 6) is -0.852. The van der Waals surface area contributed by atoms with Crippen molar-refractivity contribution in [2.75, 3.05) is 11.9 Å². The number of thiazole rings is 1. The molecule has 0 fully saturated rings. The van der Waals surface area contributed by atoms with Crippen molar-refractivity contribution in [3.05, 3.63) is 88.8 Å². The maximum absolute atomic E-state index is 12.7. The van der Waals surface area contributed by atoms with Gasteiger partial charge in [-0.15, -0.1) is 11.3 Å². The standard InChI is InChI=1S/C25H16ClN3O4S/c26-16-11-9-15(10-12-16)20-14-34-25(28-20)29-22(30)13-32-24(31)18-6-2-1-5-17(18)23-27-19-7-3-4-8-21(19)33-23/h1-12,14H,13H2,(H,28,29,30). The van der Waals surface area contributed by atoms with Gasteiger partial charge < -0.3 is 9.15 Å². The zero-order chi connectivity index (χ0) is 23.5. The van der Waals surface area contributed by atoms with Crippen molar-refractivity contribution in [3.63, 3.8) is 0 Å². The van der Waals surface area contributed by atoms with E-state index >= 15 is 0 Å². The Morgan fingerprint density at radius 1 is 0.971 bits per heavy atom. The third kappa shape index (κ3) is 4.68. The van der Waals surface area contributed by atoms with E-state index < -0.39 is 18.5 Å². The number of hydrogen-bond donors (Lipinski definition) is 1. The molecule has 0 bridgehead atoms. The van der Waals surface area contributed by atoms with E-state index in [0.29, 0.717) is 38.4 Å². The van der Waals surface area contributed by atoms with Gasteiger partial charge in [-0.3, -0.25) is 10.1 Å². The van der Waals surface area contributed by atoms with Crippen molar-refractivity contribution in [1.82, 2.24) is 9.97 Å². The molecule has 168 valence electrons. The fourth-order valence-electron chi connectivity index (χ4n) is 3.28. The Labute approximate surface area is 203 Å². The summed E-state index contributed by atoms with van der Waals surface area (Å²) in [7, 11) is 0. The summed E-state index contributed by atoms with van der Waals surface area (Å²) < 4.78 is 11.0. The van der Waals surface area contributed by atoms with E-state index in [-0.39, 0.29) is 5.56 Å². The minimum absolute atomic E-state index is 0.251. The number of nitrogens with zero attached hydrogens (tertiary/aromatic N) is 2. The molecule has 0 aliphatic carbocycles. The second kappa shape index (κ2) is 9.46. The highest BCUT2D eigenvalue weighted by Crippen LogP contribution is 2.28. The average Bonchev–Trinajstić information content (AvgIpc) is 3.50. The summed E-state index contributed by atoms with van der Waals surface area (Å²) in [5.41, 5.74) is 3.62. The Balaban J connectivity index is 1.24. The fourth-order valence-corrected chi connectivity index (χ4v) is 4.15. The molecule has 5 rings (SSSR count). The predicted octanol–water partition coefficient (Wildman–Crippen LogP) is 6.07. The minimum Gasteiger partial charge on any atom is -0.452 e. The number of amides is 1. The van der Waals surface area contributed by atoms with Gasteiger partial charge in [-0.05, 0) is 36.4 Å². The van der Waals surface area contributed by atoms with Gasteiger partial charge >= 0.3 is 5.97 Å². The molecule has 0 saturated heterocycles. The zero-order valence-corrected chi connectivity index (χ0v) is 19.1. The van der Waals surface area contributed by atoms with Crippen molar-refractivity contribution in [1.29, 1.82) is 0 Å². The predicted molar refractivity (Wildman–Crippen MR) is 131 cm³/mol. The molecular weight excluding hydrogens is 474 g/mol. The maximum Gasteiger partial charge on any atom is 0.339 e. The van der Waals surface area contributed by atoms with Crippen LogP contribution in [0.5, 0.6) is 0 Å². The first-order valence-corrected chi connectivity index (χ1v) is 11.5. The Kier molecular flexibility index (Phi) is 6.07. The smallest absolute Gasteiger partial charge is 0.339 e. The number of oxazole rings is 1. The minimum atomic E-state index is -0.658. The van der Waals surface area contributed by atoms with Crippen LogP contribution in [0.3, 0.4) is 0 Å². The molecule has 2 heterocycles. The number of anilines is 1. The molecule has 9 heteroatoms. The van der Waals surface area contributed by atoms with Crippen LogP contribution in [-0.2, 0) is 9.53 Å². The molecule has 0 aliphatic heterocycles. The number of fused-ring (bicyclic) bond motifs is 1. The van der Waals surface area contributed by atoms with Crippen LogP contribution in [0.4, 0.5) is 5.13 Å². The number of hydrogen-bond acceptors (Lipinski definition) is 7. The molecule has 3 aromatic carbocycles. The molecule has 7 nitrogen and oxygen atoms in total. The number of rotatable bonds is 6. The molecule has 0 atom stereocenters. The van der Waals surface area contributed by atoms with E-state index in [1.165, 1.54) is 11.3 Å². The first kappa shape index (κ1) is 21.8. The summed E-state index contributed by atoms with van der Waals surface area (Å²) in [4.78, 5) is 33.9. The summed E-state index contributed by atoms with van der Waals surface area (Å²) >= 11 is 7.19. The SMILES string of the molecule is O=C(COC(=O)c1ccccc1-c1nc2ccccc2o1)Nc1nc(-c2ccc(Cl)cc2)cs1. The quantitative estimate of drug-likeness (QED) is 0.291. The van der Waals surface area contributed by atoms with Gasteiger partial charge in [-0.1, -0.05) is 48.0 Å². The van der Waals surface area contributed by atoms with Crippen LogP contribution in [0, 0.1) is 0 Å². The van der Waals surface area contributed by atoms with Gasteiger partial charge in [0, 0.05) is 16.0 Å². The second-order valence-electron chi connectivity index (χ2n) is 7.20. The summed E-state index contributed by atoms with van der Waals surface area (Å²) in [6.45, 7) is -0.462. The van der Waals surface area contributed by atoms with Gasteiger partial charge in [-0.25, -0.2) is 14.8 Å². The van der Waals surface area contributed by atoms with Crippen LogP contribution in [0.1, 0.15) is 10.4 Å². The monoisotopic (exact) mass is 489 g/mol. The molecule has 0 saturated carbocycles. The van der Waals surface area contributed by atoms with Gasteiger partial charge in [0.25, 0.3) is 5.91 Å². The first-order chi connectivity index (χ1) is 16.6. The number of para-hydroxylation sites is 2. The van der Waals surface area contributed by atoms with Crippen LogP contribution < -0.4 is 5.32 Å². The maximum atomic E-state index is 12.7. The van der Waals surface area contributed by atoms with Crippen molar-refractivity contribution in [3.8, 4) is 22.7 Å². The summed E-state index contributed by atoms with van der Waals surface area (Å²) in [6, 6.07) is 21.4. The molecule has 34 heavy (non-hydrogen) atoms. The number of esters is 1. The molecule has 0 aliphatic rings. The van der Waals surface area contributed by atoms with E-state index in [1.54, 1.807) is 42.5 Å². The molecule has 1 amide bonds. The number of benzene rings is 3. The number of carbonyl (C=O) groups excluding carboxylic acids is 2. The van der Waals surface area contributed by atoms with E-state index in [4.69, 9.17) is 20.8 Å². The Morgan fingerprint density at radius 2 is 1.74 bits per heavy atom.